The Labute approximate surface area is 90.5 Å². The fraction of sp³-hybridized carbons (Fsp3) is 1.00. The molecule has 0 amide bonds. The molecular formula is C14H28. The Kier molecular flexibility index (Phi) is 4.04. The molecule has 0 N–H and O–H groups in total. The quantitative estimate of drug-likeness (QED) is 0.616. The first-order chi connectivity index (χ1) is 6.45. The molecule has 1 aliphatic carbocycles. The molecule has 0 bridgehead atoms. The summed E-state index contributed by atoms with van der Waals surface area (Å²) >= 11 is 0. The largest absolute Gasteiger partial charge is 0.0625 e. The summed E-state index contributed by atoms with van der Waals surface area (Å²) in [6.45, 7) is 14.5. The van der Waals surface area contributed by atoms with E-state index >= 15 is 0 Å². The van der Waals surface area contributed by atoms with E-state index in [1.54, 1.807) is 0 Å². The van der Waals surface area contributed by atoms with Crippen molar-refractivity contribution in [3.63, 3.8) is 0 Å². The van der Waals surface area contributed by atoms with Crippen molar-refractivity contribution in [3.05, 3.63) is 0 Å². The monoisotopic (exact) mass is 196 g/mol. The molecule has 1 fully saturated rings. The van der Waals surface area contributed by atoms with E-state index in [9.17, 15) is 0 Å². The first-order valence-corrected chi connectivity index (χ1v) is 6.45. The van der Waals surface area contributed by atoms with Crippen LogP contribution in [0.3, 0.4) is 0 Å². The summed E-state index contributed by atoms with van der Waals surface area (Å²) in [5.74, 6) is 5.54. The van der Waals surface area contributed by atoms with Crippen molar-refractivity contribution in [2.24, 2.45) is 35.5 Å². The fourth-order valence-electron chi connectivity index (χ4n) is 2.95. The highest BCUT2D eigenvalue weighted by atomic mass is 14.4. The normalized spacial score (nSPS) is 33.6. The van der Waals surface area contributed by atoms with Crippen LogP contribution >= 0.6 is 0 Å². The summed E-state index contributed by atoms with van der Waals surface area (Å²) in [4.78, 5) is 0. The van der Waals surface area contributed by atoms with Crippen molar-refractivity contribution in [2.75, 3.05) is 0 Å². The molecule has 0 aromatic heterocycles. The molecule has 0 aromatic carbocycles. The lowest BCUT2D eigenvalue weighted by Gasteiger charge is -2.43. The number of hydrogen-bond donors (Lipinski definition) is 0. The Bertz CT molecular complexity index is 160. The van der Waals surface area contributed by atoms with E-state index < -0.39 is 0 Å². The maximum absolute atomic E-state index is 2.48. The summed E-state index contributed by atoms with van der Waals surface area (Å²) < 4.78 is 0. The summed E-state index contributed by atoms with van der Waals surface area (Å²) in [5, 5.41) is 0. The van der Waals surface area contributed by atoms with Gasteiger partial charge in [0.05, 0.1) is 0 Å². The van der Waals surface area contributed by atoms with Crippen molar-refractivity contribution in [3.8, 4) is 0 Å². The summed E-state index contributed by atoms with van der Waals surface area (Å²) in [6.07, 6.45) is 2.95. The second-order valence-electron chi connectivity index (χ2n) is 6.04. The highest BCUT2D eigenvalue weighted by Crippen LogP contribution is 2.44. The summed E-state index contributed by atoms with van der Waals surface area (Å²) in [5.41, 5.74) is 0. The van der Waals surface area contributed by atoms with Gasteiger partial charge in [0, 0.05) is 0 Å². The average Bonchev–Trinajstić information content (AvgIpc) is 2.12. The van der Waals surface area contributed by atoms with E-state index in [-0.39, 0.29) is 0 Å². The van der Waals surface area contributed by atoms with Gasteiger partial charge < -0.3 is 0 Å². The van der Waals surface area contributed by atoms with Crippen molar-refractivity contribution >= 4 is 0 Å². The van der Waals surface area contributed by atoms with Crippen molar-refractivity contribution in [2.45, 2.75) is 54.4 Å². The molecule has 0 spiro atoms. The zero-order valence-electron chi connectivity index (χ0n) is 10.9. The minimum absolute atomic E-state index is 0.836. The second-order valence-corrected chi connectivity index (χ2v) is 6.04. The Morgan fingerprint density at radius 2 is 1.43 bits per heavy atom. The van der Waals surface area contributed by atoms with Gasteiger partial charge in [0.1, 0.15) is 0 Å². The topological polar surface area (TPSA) is 0 Å². The molecule has 1 rings (SSSR count). The zero-order chi connectivity index (χ0) is 10.9. The summed E-state index contributed by atoms with van der Waals surface area (Å²) in [6, 6.07) is 0. The Morgan fingerprint density at radius 3 is 1.71 bits per heavy atom. The van der Waals surface area contributed by atoms with E-state index in [1.165, 1.54) is 12.8 Å². The Balaban J connectivity index is 2.47. The smallest absolute Gasteiger partial charge is 0.0360 e. The second kappa shape index (κ2) is 4.68. The maximum atomic E-state index is 2.48. The van der Waals surface area contributed by atoms with Gasteiger partial charge in [-0.15, -0.1) is 0 Å². The molecule has 0 heteroatoms. The van der Waals surface area contributed by atoms with E-state index in [0.29, 0.717) is 0 Å². The minimum atomic E-state index is 0.836. The van der Waals surface area contributed by atoms with Gasteiger partial charge in [-0.25, -0.2) is 0 Å². The lowest BCUT2D eigenvalue weighted by Crippen LogP contribution is -2.35. The molecule has 84 valence electrons. The maximum Gasteiger partial charge on any atom is -0.0360 e. The van der Waals surface area contributed by atoms with Gasteiger partial charge in [-0.1, -0.05) is 48.0 Å². The van der Waals surface area contributed by atoms with Gasteiger partial charge in [-0.05, 0) is 41.9 Å². The zero-order valence-corrected chi connectivity index (χ0v) is 10.9. The van der Waals surface area contributed by atoms with Crippen molar-refractivity contribution < 1.29 is 0 Å². The molecule has 5 atom stereocenters. The van der Waals surface area contributed by atoms with E-state index in [2.05, 4.69) is 41.5 Å². The molecule has 0 radical (unpaired) electrons. The highest BCUT2D eigenvalue weighted by Gasteiger charge is 2.35. The molecular weight excluding hydrogens is 168 g/mol. The van der Waals surface area contributed by atoms with Gasteiger partial charge >= 0.3 is 0 Å². The Hall–Kier alpha value is 0. The van der Waals surface area contributed by atoms with Gasteiger partial charge in [-0.3, -0.25) is 0 Å². The third kappa shape index (κ3) is 2.32. The molecule has 0 nitrogen and oxygen atoms in total. The van der Waals surface area contributed by atoms with Gasteiger partial charge in [0.2, 0.25) is 0 Å². The van der Waals surface area contributed by atoms with Crippen LogP contribution in [0.1, 0.15) is 54.4 Å². The molecule has 0 aliphatic heterocycles. The van der Waals surface area contributed by atoms with E-state index in [4.69, 9.17) is 0 Å². The SMILES string of the molecule is CC(C)C(C)C(C)C(C)C1CCC1C. The lowest BCUT2D eigenvalue weighted by atomic mass is 9.62. The van der Waals surface area contributed by atoms with Crippen molar-refractivity contribution in [1.29, 1.82) is 0 Å². The minimum Gasteiger partial charge on any atom is -0.0625 e. The number of rotatable bonds is 4. The fourth-order valence-corrected chi connectivity index (χ4v) is 2.95. The highest BCUT2D eigenvalue weighted by molar-refractivity contribution is 4.85. The Morgan fingerprint density at radius 1 is 0.857 bits per heavy atom. The van der Waals surface area contributed by atoms with Crippen molar-refractivity contribution in [1.82, 2.24) is 0 Å². The average molecular weight is 196 g/mol. The third-order valence-corrected chi connectivity index (χ3v) is 5.07. The van der Waals surface area contributed by atoms with Gasteiger partial charge in [-0.2, -0.15) is 0 Å². The van der Waals surface area contributed by atoms with Crippen LogP contribution in [0.15, 0.2) is 0 Å². The molecule has 0 heterocycles. The third-order valence-electron chi connectivity index (χ3n) is 5.07. The van der Waals surface area contributed by atoms with Crippen LogP contribution in [-0.4, -0.2) is 0 Å². The molecule has 14 heavy (non-hydrogen) atoms. The number of hydrogen-bond acceptors (Lipinski definition) is 0. The predicted molar refractivity (Wildman–Crippen MR) is 64.2 cm³/mol. The van der Waals surface area contributed by atoms with Gasteiger partial charge in [0.25, 0.3) is 0 Å². The lowest BCUT2D eigenvalue weighted by molar-refractivity contribution is 0.0656. The molecule has 0 aromatic rings. The van der Waals surface area contributed by atoms with E-state index in [1.807, 2.05) is 0 Å². The van der Waals surface area contributed by atoms with Crippen LogP contribution in [0, 0.1) is 35.5 Å². The summed E-state index contributed by atoms with van der Waals surface area (Å²) in [7, 11) is 0. The molecule has 1 aliphatic rings. The first kappa shape index (κ1) is 12.1. The molecule has 5 unspecified atom stereocenters. The van der Waals surface area contributed by atoms with Crippen LogP contribution in [0.4, 0.5) is 0 Å². The van der Waals surface area contributed by atoms with Crippen LogP contribution in [0.5, 0.6) is 0 Å². The molecule has 1 saturated carbocycles. The first-order valence-electron chi connectivity index (χ1n) is 6.45. The molecule has 0 saturated heterocycles. The van der Waals surface area contributed by atoms with Crippen LogP contribution < -0.4 is 0 Å². The predicted octanol–water partition coefficient (Wildman–Crippen LogP) is 4.60. The van der Waals surface area contributed by atoms with Crippen LogP contribution in [0.2, 0.25) is 0 Å². The standard InChI is InChI=1S/C14H28/c1-9(2)11(4)12(5)13(6)14-8-7-10(14)3/h9-14H,7-8H2,1-6H3. The van der Waals surface area contributed by atoms with Crippen LogP contribution in [0.25, 0.3) is 0 Å². The van der Waals surface area contributed by atoms with Gasteiger partial charge in [0.15, 0.2) is 0 Å². The van der Waals surface area contributed by atoms with Crippen LogP contribution in [-0.2, 0) is 0 Å². The van der Waals surface area contributed by atoms with E-state index in [0.717, 1.165) is 35.5 Å².